The summed E-state index contributed by atoms with van der Waals surface area (Å²) in [6.45, 7) is 5.48. The third-order valence-electron chi connectivity index (χ3n) is 5.05. The second-order valence-electron chi connectivity index (χ2n) is 5.96. The molecule has 0 saturated heterocycles. The summed E-state index contributed by atoms with van der Waals surface area (Å²) < 4.78 is 5.71. The maximum Gasteiger partial charge on any atom is 0.303 e. The Bertz CT molecular complexity index is 304. The summed E-state index contributed by atoms with van der Waals surface area (Å²) in [4.78, 5) is 11.3. The first-order chi connectivity index (χ1) is 7.64. The van der Waals surface area contributed by atoms with Crippen LogP contribution in [0.4, 0.5) is 0 Å². The SMILES string of the molecule is C=CC1(OC(C)=O)C2CC3CC(C2)CC1C3. The second-order valence-corrected chi connectivity index (χ2v) is 5.96. The molecule has 0 aromatic carbocycles. The molecule has 4 aliphatic carbocycles. The summed E-state index contributed by atoms with van der Waals surface area (Å²) in [6, 6.07) is 0. The quantitative estimate of drug-likeness (QED) is 0.528. The lowest BCUT2D eigenvalue weighted by Gasteiger charge is -2.59. The van der Waals surface area contributed by atoms with Gasteiger partial charge in [-0.1, -0.05) is 6.58 Å². The van der Waals surface area contributed by atoms with E-state index in [-0.39, 0.29) is 11.6 Å². The Kier molecular flexibility index (Phi) is 2.17. The molecule has 0 atom stereocenters. The van der Waals surface area contributed by atoms with Crippen molar-refractivity contribution < 1.29 is 9.53 Å². The van der Waals surface area contributed by atoms with Gasteiger partial charge in [-0.05, 0) is 50.0 Å². The summed E-state index contributed by atoms with van der Waals surface area (Å²) in [5.41, 5.74) is -0.320. The Morgan fingerprint density at radius 1 is 1.19 bits per heavy atom. The third-order valence-corrected chi connectivity index (χ3v) is 5.05. The first-order valence-corrected chi connectivity index (χ1v) is 6.47. The van der Waals surface area contributed by atoms with Crippen molar-refractivity contribution in [2.45, 2.75) is 44.6 Å². The van der Waals surface area contributed by atoms with Crippen LogP contribution in [0.1, 0.15) is 39.0 Å². The Labute approximate surface area is 97.1 Å². The zero-order chi connectivity index (χ0) is 11.3. The molecular weight excluding hydrogens is 200 g/mol. The Hall–Kier alpha value is -0.790. The molecule has 4 saturated carbocycles. The molecule has 0 N–H and O–H groups in total. The minimum atomic E-state index is -0.320. The molecule has 4 fully saturated rings. The average molecular weight is 220 g/mol. The lowest BCUT2D eigenvalue weighted by atomic mass is 9.50. The molecule has 0 heterocycles. The number of hydrogen-bond acceptors (Lipinski definition) is 2. The van der Waals surface area contributed by atoms with E-state index in [9.17, 15) is 4.79 Å². The molecular formula is C14H20O2. The minimum Gasteiger partial charge on any atom is -0.454 e. The molecule has 0 aromatic heterocycles. The van der Waals surface area contributed by atoms with Gasteiger partial charge < -0.3 is 4.74 Å². The van der Waals surface area contributed by atoms with Gasteiger partial charge in [-0.25, -0.2) is 0 Å². The summed E-state index contributed by atoms with van der Waals surface area (Å²) in [5, 5.41) is 0. The first-order valence-electron chi connectivity index (χ1n) is 6.47. The van der Waals surface area contributed by atoms with Crippen LogP contribution >= 0.6 is 0 Å². The minimum absolute atomic E-state index is 0.146. The molecule has 2 heteroatoms. The highest BCUT2D eigenvalue weighted by Crippen LogP contribution is 2.59. The zero-order valence-electron chi connectivity index (χ0n) is 9.95. The summed E-state index contributed by atoms with van der Waals surface area (Å²) in [7, 11) is 0. The topological polar surface area (TPSA) is 26.3 Å². The molecule has 4 aliphatic rings. The van der Waals surface area contributed by atoms with Gasteiger partial charge in [0.25, 0.3) is 0 Å². The van der Waals surface area contributed by atoms with Crippen LogP contribution in [0.3, 0.4) is 0 Å². The van der Waals surface area contributed by atoms with Crippen LogP contribution < -0.4 is 0 Å². The van der Waals surface area contributed by atoms with Crippen molar-refractivity contribution in [2.24, 2.45) is 23.7 Å². The molecule has 0 spiro atoms. The second kappa shape index (κ2) is 3.35. The summed E-state index contributed by atoms with van der Waals surface area (Å²) in [5.74, 6) is 2.74. The van der Waals surface area contributed by atoms with E-state index >= 15 is 0 Å². The normalized spacial score (nSPS) is 49.1. The van der Waals surface area contributed by atoms with Crippen LogP contribution in [-0.4, -0.2) is 11.6 Å². The van der Waals surface area contributed by atoms with Crippen molar-refractivity contribution in [3.05, 3.63) is 12.7 Å². The largest absolute Gasteiger partial charge is 0.454 e. The van der Waals surface area contributed by atoms with E-state index in [4.69, 9.17) is 4.74 Å². The summed E-state index contributed by atoms with van der Waals surface area (Å²) in [6.07, 6.45) is 8.32. The maximum absolute atomic E-state index is 11.3. The fourth-order valence-electron chi connectivity index (χ4n) is 4.71. The Morgan fingerprint density at radius 3 is 2.06 bits per heavy atom. The lowest BCUT2D eigenvalue weighted by molar-refractivity contribution is -0.190. The summed E-state index contributed by atoms with van der Waals surface area (Å²) >= 11 is 0. The molecule has 0 aromatic rings. The van der Waals surface area contributed by atoms with Crippen molar-refractivity contribution in [2.75, 3.05) is 0 Å². The first kappa shape index (κ1) is 10.4. The molecule has 0 unspecified atom stereocenters. The average Bonchev–Trinajstić information content (AvgIpc) is 2.22. The highest BCUT2D eigenvalue weighted by atomic mass is 16.6. The van der Waals surface area contributed by atoms with E-state index in [0.29, 0.717) is 11.8 Å². The number of rotatable bonds is 2. The van der Waals surface area contributed by atoms with Crippen LogP contribution in [0.15, 0.2) is 12.7 Å². The van der Waals surface area contributed by atoms with Gasteiger partial charge in [0.1, 0.15) is 5.60 Å². The highest BCUT2D eigenvalue weighted by Gasteiger charge is 2.57. The van der Waals surface area contributed by atoms with E-state index < -0.39 is 0 Å². The van der Waals surface area contributed by atoms with Gasteiger partial charge in [-0.2, -0.15) is 0 Å². The van der Waals surface area contributed by atoms with Gasteiger partial charge in [-0.15, -0.1) is 0 Å². The van der Waals surface area contributed by atoms with E-state index in [2.05, 4.69) is 6.58 Å². The van der Waals surface area contributed by atoms with Crippen LogP contribution in [0.5, 0.6) is 0 Å². The number of hydrogen-bond donors (Lipinski definition) is 0. The number of carbonyl (C=O) groups is 1. The lowest BCUT2D eigenvalue weighted by Crippen LogP contribution is -2.58. The van der Waals surface area contributed by atoms with Gasteiger partial charge >= 0.3 is 5.97 Å². The number of esters is 1. The van der Waals surface area contributed by atoms with Crippen LogP contribution in [-0.2, 0) is 9.53 Å². The van der Waals surface area contributed by atoms with Crippen LogP contribution in [0, 0.1) is 23.7 Å². The monoisotopic (exact) mass is 220 g/mol. The molecule has 16 heavy (non-hydrogen) atoms. The smallest absolute Gasteiger partial charge is 0.303 e. The van der Waals surface area contributed by atoms with Crippen molar-refractivity contribution in [1.29, 1.82) is 0 Å². The van der Waals surface area contributed by atoms with Gasteiger partial charge in [0.15, 0.2) is 0 Å². The fraction of sp³-hybridized carbons (Fsp3) is 0.786. The van der Waals surface area contributed by atoms with Crippen LogP contribution in [0.2, 0.25) is 0 Å². The standard InChI is InChI=1S/C14H20O2/c1-3-14(16-9(2)15)12-5-10-4-11(7-12)8-13(14)6-10/h3,10-13H,1,4-8H2,2H3. The van der Waals surface area contributed by atoms with Gasteiger partial charge in [0, 0.05) is 18.8 Å². The molecule has 0 radical (unpaired) electrons. The Morgan fingerprint density at radius 2 is 1.69 bits per heavy atom. The molecule has 0 amide bonds. The number of ether oxygens (including phenoxy) is 1. The van der Waals surface area contributed by atoms with E-state index in [1.165, 1.54) is 39.0 Å². The molecule has 4 rings (SSSR count). The Balaban J connectivity index is 1.93. The maximum atomic E-state index is 11.3. The fourth-order valence-corrected chi connectivity index (χ4v) is 4.71. The van der Waals surface area contributed by atoms with E-state index in [1.807, 2.05) is 6.08 Å². The number of carbonyl (C=O) groups excluding carboxylic acids is 1. The molecule has 2 nitrogen and oxygen atoms in total. The van der Waals surface area contributed by atoms with Crippen LogP contribution in [0.25, 0.3) is 0 Å². The molecule has 0 aliphatic heterocycles. The van der Waals surface area contributed by atoms with Crippen molar-refractivity contribution in [3.63, 3.8) is 0 Å². The van der Waals surface area contributed by atoms with Gasteiger partial charge in [0.2, 0.25) is 0 Å². The van der Waals surface area contributed by atoms with Crippen molar-refractivity contribution >= 4 is 5.97 Å². The van der Waals surface area contributed by atoms with Crippen molar-refractivity contribution in [1.82, 2.24) is 0 Å². The molecule has 4 bridgehead atoms. The van der Waals surface area contributed by atoms with E-state index in [1.54, 1.807) is 0 Å². The third kappa shape index (κ3) is 1.28. The predicted octanol–water partition coefficient (Wildman–Crippen LogP) is 2.93. The van der Waals surface area contributed by atoms with Crippen molar-refractivity contribution in [3.8, 4) is 0 Å². The molecule has 88 valence electrons. The van der Waals surface area contributed by atoms with E-state index in [0.717, 1.165) is 11.8 Å². The highest BCUT2D eigenvalue weighted by molar-refractivity contribution is 5.67. The zero-order valence-corrected chi connectivity index (χ0v) is 9.95. The van der Waals surface area contributed by atoms with Gasteiger partial charge in [-0.3, -0.25) is 4.79 Å². The van der Waals surface area contributed by atoms with Gasteiger partial charge in [0.05, 0.1) is 0 Å². The predicted molar refractivity (Wildman–Crippen MR) is 61.7 cm³/mol.